The number of benzene rings is 1. The molecule has 0 saturated heterocycles. The summed E-state index contributed by atoms with van der Waals surface area (Å²) < 4.78 is 1.05. The Morgan fingerprint density at radius 2 is 2.00 bits per heavy atom. The minimum absolute atomic E-state index is 0.574. The molecular weight excluding hydrogens is 256 g/mol. The molecule has 1 aromatic heterocycles. The minimum Gasteiger partial charge on any atom is -0.327 e. The van der Waals surface area contributed by atoms with Gasteiger partial charge in [-0.3, -0.25) is 5.43 Å². The van der Waals surface area contributed by atoms with Gasteiger partial charge in [0.15, 0.2) is 0 Å². The molecule has 0 bridgehead atoms. The fourth-order valence-corrected chi connectivity index (χ4v) is 1.68. The largest absolute Gasteiger partial charge is 0.327 e. The van der Waals surface area contributed by atoms with Crippen molar-refractivity contribution in [2.24, 2.45) is 5.84 Å². The molecule has 2 rings (SSSR count). The van der Waals surface area contributed by atoms with E-state index < -0.39 is 0 Å². The highest BCUT2D eigenvalue weighted by Crippen LogP contribution is 2.23. The number of imidazole rings is 1. The lowest BCUT2D eigenvalue weighted by Gasteiger charge is -1.98. The van der Waals surface area contributed by atoms with E-state index in [0.29, 0.717) is 5.95 Å². The molecule has 78 valence electrons. The van der Waals surface area contributed by atoms with E-state index in [1.165, 1.54) is 0 Å². The average molecular weight is 267 g/mol. The van der Waals surface area contributed by atoms with Gasteiger partial charge < -0.3 is 4.98 Å². The number of aromatic nitrogens is 2. The first kappa shape index (κ1) is 10.2. The van der Waals surface area contributed by atoms with Crippen molar-refractivity contribution >= 4 is 21.9 Å². The number of nitrogen functional groups attached to an aromatic ring is 1. The number of halogens is 1. The molecule has 2 aromatic rings. The number of nitrogens with one attached hydrogen (secondary N) is 2. The van der Waals surface area contributed by atoms with Crippen LogP contribution in [0.25, 0.3) is 11.3 Å². The summed E-state index contributed by atoms with van der Waals surface area (Å²) in [6, 6.07) is 7.99. The Kier molecular flexibility index (Phi) is 2.75. The maximum atomic E-state index is 5.28. The Labute approximate surface area is 96.0 Å². The quantitative estimate of drug-likeness (QED) is 0.578. The second-order valence-corrected chi connectivity index (χ2v) is 4.13. The molecule has 0 saturated carbocycles. The van der Waals surface area contributed by atoms with Gasteiger partial charge in [0.25, 0.3) is 0 Å². The molecule has 4 N–H and O–H groups in total. The van der Waals surface area contributed by atoms with E-state index in [4.69, 9.17) is 5.84 Å². The number of aryl methyl sites for hydroxylation is 1. The highest BCUT2D eigenvalue weighted by molar-refractivity contribution is 9.10. The van der Waals surface area contributed by atoms with Crippen LogP contribution >= 0.6 is 15.9 Å². The van der Waals surface area contributed by atoms with Gasteiger partial charge in [0.2, 0.25) is 5.95 Å². The van der Waals surface area contributed by atoms with Crippen LogP contribution in [0.15, 0.2) is 28.7 Å². The zero-order chi connectivity index (χ0) is 10.8. The first-order chi connectivity index (χ1) is 7.20. The average Bonchev–Trinajstić information content (AvgIpc) is 2.61. The van der Waals surface area contributed by atoms with Crippen LogP contribution in [0.4, 0.5) is 5.95 Å². The molecule has 1 aromatic carbocycles. The molecule has 0 radical (unpaired) electrons. The highest BCUT2D eigenvalue weighted by Gasteiger charge is 2.07. The number of nitrogens with zero attached hydrogens (tertiary/aromatic N) is 1. The zero-order valence-electron chi connectivity index (χ0n) is 8.21. The third-order valence-corrected chi connectivity index (χ3v) is 2.67. The van der Waals surface area contributed by atoms with E-state index >= 15 is 0 Å². The molecule has 0 aliphatic heterocycles. The summed E-state index contributed by atoms with van der Waals surface area (Å²) in [7, 11) is 0. The van der Waals surface area contributed by atoms with E-state index in [2.05, 4.69) is 31.3 Å². The molecule has 4 nitrogen and oxygen atoms in total. The monoisotopic (exact) mass is 266 g/mol. The van der Waals surface area contributed by atoms with E-state index in [9.17, 15) is 0 Å². The number of H-pyrrole nitrogens is 1. The topological polar surface area (TPSA) is 66.7 Å². The summed E-state index contributed by atoms with van der Waals surface area (Å²) >= 11 is 3.39. The van der Waals surface area contributed by atoms with Crippen molar-refractivity contribution in [2.45, 2.75) is 6.92 Å². The standard InChI is InChI=1S/C10H11BrN4/c1-6-9(14-10(13-6)15-12)7-2-4-8(11)5-3-7/h2-5H,12H2,1H3,(H2,13,14,15). The van der Waals surface area contributed by atoms with Gasteiger partial charge in [-0.1, -0.05) is 28.1 Å². The van der Waals surface area contributed by atoms with E-state index in [1.54, 1.807) is 0 Å². The van der Waals surface area contributed by atoms with Crippen LogP contribution in [-0.2, 0) is 0 Å². The fourth-order valence-electron chi connectivity index (χ4n) is 1.42. The van der Waals surface area contributed by atoms with Crippen molar-refractivity contribution in [2.75, 3.05) is 5.43 Å². The first-order valence-corrected chi connectivity index (χ1v) is 5.29. The zero-order valence-corrected chi connectivity index (χ0v) is 9.80. The summed E-state index contributed by atoms with van der Waals surface area (Å²) in [5.74, 6) is 5.86. The van der Waals surface area contributed by atoms with Gasteiger partial charge in [-0.15, -0.1) is 0 Å². The molecule has 0 aliphatic carbocycles. The molecular formula is C10H11BrN4. The number of anilines is 1. The second-order valence-electron chi connectivity index (χ2n) is 3.21. The van der Waals surface area contributed by atoms with Gasteiger partial charge in [-0.25, -0.2) is 10.8 Å². The van der Waals surface area contributed by atoms with Gasteiger partial charge in [0, 0.05) is 15.7 Å². The van der Waals surface area contributed by atoms with Crippen LogP contribution < -0.4 is 11.3 Å². The van der Waals surface area contributed by atoms with Crippen molar-refractivity contribution in [1.29, 1.82) is 0 Å². The van der Waals surface area contributed by atoms with Gasteiger partial charge in [-0.2, -0.15) is 0 Å². The molecule has 5 heteroatoms. The number of rotatable bonds is 2. The maximum Gasteiger partial charge on any atom is 0.215 e. The number of hydrazine groups is 1. The lowest BCUT2D eigenvalue weighted by molar-refractivity contribution is 1.18. The third kappa shape index (κ3) is 2.03. The van der Waals surface area contributed by atoms with Crippen molar-refractivity contribution in [3.63, 3.8) is 0 Å². The predicted molar refractivity (Wildman–Crippen MR) is 64.3 cm³/mol. The maximum absolute atomic E-state index is 5.28. The molecule has 0 amide bonds. The van der Waals surface area contributed by atoms with Gasteiger partial charge >= 0.3 is 0 Å². The Morgan fingerprint density at radius 1 is 1.33 bits per heavy atom. The summed E-state index contributed by atoms with van der Waals surface area (Å²) in [6.07, 6.45) is 0. The Bertz CT molecular complexity index is 461. The SMILES string of the molecule is Cc1[nH]c(NN)nc1-c1ccc(Br)cc1. The highest BCUT2D eigenvalue weighted by atomic mass is 79.9. The molecule has 0 atom stereocenters. The van der Waals surface area contributed by atoms with Crippen LogP contribution in [0.5, 0.6) is 0 Å². The van der Waals surface area contributed by atoms with E-state index in [0.717, 1.165) is 21.4 Å². The van der Waals surface area contributed by atoms with Crippen LogP contribution in [0.1, 0.15) is 5.69 Å². The Hall–Kier alpha value is -1.33. The molecule has 0 aliphatic rings. The van der Waals surface area contributed by atoms with Gasteiger partial charge in [0.05, 0.1) is 5.69 Å². The molecule has 0 spiro atoms. The van der Waals surface area contributed by atoms with Crippen LogP contribution in [0.3, 0.4) is 0 Å². The predicted octanol–water partition coefficient (Wildman–Crippen LogP) is 2.43. The summed E-state index contributed by atoms with van der Waals surface area (Å²) in [5.41, 5.74) is 5.46. The summed E-state index contributed by atoms with van der Waals surface area (Å²) in [5, 5.41) is 0. The molecule has 15 heavy (non-hydrogen) atoms. The van der Waals surface area contributed by atoms with Gasteiger partial charge in [-0.05, 0) is 19.1 Å². The van der Waals surface area contributed by atoms with Crippen molar-refractivity contribution < 1.29 is 0 Å². The smallest absolute Gasteiger partial charge is 0.215 e. The van der Waals surface area contributed by atoms with Gasteiger partial charge in [0.1, 0.15) is 0 Å². The van der Waals surface area contributed by atoms with Crippen molar-refractivity contribution in [3.8, 4) is 11.3 Å². The lowest BCUT2D eigenvalue weighted by atomic mass is 10.1. The normalized spacial score (nSPS) is 10.3. The lowest BCUT2D eigenvalue weighted by Crippen LogP contribution is -2.07. The molecule has 0 unspecified atom stereocenters. The number of aromatic amines is 1. The Balaban J connectivity index is 2.44. The second kappa shape index (κ2) is 4.04. The summed E-state index contributed by atoms with van der Waals surface area (Å²) in [4.78, 5) is 7.37. The summed E-state index contributed by atoms with van der Waals surface area (Å²) in [6.45, 7) is 1.96. The van der Waals surface area contributed by atoms with Crippen LogP contribution in [0.2, 0.25) is 0 Å². The fraction of sp³-hybridized carbons (Fsp3) is 0.100. The minimum atomic E-state index is 0.574. The van der Waals surface area contributed by atoms with Crippen LogP contribution in [0, 0.1) is 6.92 Å². The van der Waals surface area contributed by atoms with E-state index in [-0.39, 0.29) is 0 Å². The number of hydrogen-bond donors (Lipinski definition) is 3. The van der Waals surface area contributed by atoms with Crippen molar-refractivity contribution in [3.05, 3.63) is 34.4 Å². The first-order valence-electron chi connectivity index (χ1n) is 4.50. The molecule has 1 heterocycles. The number of nitrogens with two attached hydrogens (primary N) is 1. The third-order valence-electron chi connectivity index (χ3n) is 2.14. The van der Waals surface area contributed by atoms with E-state index in [1.807, 2.05) is 31.2 Å². The van der Waals surface area contributed by atoms with Crippen molar-refractivity contribution in [1.82, 2.24) is 9.97 Å². The Morgan fingerprint density at radius 3 is 2.53 bits per heavy atom. The number of hydrogen-bond acceptors (Lipinski definition) is 3. The molecule has 0 fully saturated rings. The van der Waals surface area contributed by atoms with Crippen LogP contribution in [-0.4, -0.2) is 9.97 Å².